The molecule has 2 N–H and O–H groups in total. The number of nitrogens with zero attached hydrogens (tertiary/aromatic N) is 3. The van der Waals surface area contributed by atoms with Gasteiger partial charge in [-0.15, -0.1) is 0 Å². The number of amides is 1. The number of benzene rings is 2. The highest BCUT2D eigenvalue weighted by molar-refractivity contribution is 5.96. The molecule has 2 heterocycles. The van der Waals surface area contributed by atoms with Crippen LogP contribution in [0.4, 0.5) is 11.6 Å². The van der Waals surface area contributed by atoms with Crippen LogP contribution in [0.5, 0.6) is 0 Å². The van der Waals surface area contributed by atoms with E-state index in [1.807, 2.05) is 31.2 Å². The first-order valence-corrected chi connectivity index (χ1v) is 9.77. The molecule has 0 bridgehead atoms. The molecular formula is C23H25N5O. The predicted octanol–water partition coefficient (Wildman–Crippen LogP) is 4.49. The zero-order valence-electron chi connectivity index (χ0n) is 16.9. The normalized spacial score (nSPS) is 18.3. The number of nitrogens with one attached hydrogen (secondary N) is 2. The Labute approximate surface area is 170 Å². The Hall–Kier alpha value is -3.41. The summed E-state index contributed by atoms with van der Waals surface area (Å²) >= 11 is 0. The molecule has 0 aliphatic carbocycles. The Morgan fingerprint density at radius 2 is 1.90 bits per heavy atom. The van der Waals surface area contributed by atoms with Crippen LogP contribution in [0.3, 0.4) is 0 Å². The first kappa shape index (κ1) is 18.9. The van der Waals surface area contributed by atoms with Crippen molar-refractivity contribution in [2.75, 3.05) is 10.6 Å². The summed E-state index contributed by atoms with van der Waals surface area (Å²) in [4.78, 5) is 17.6. The van der Waals surface area contributed by atoms with Crippen LogP contribution < -0.4 is 10.6 Å². The molecule has 0 saturated carbocycles. The highest BCUT2D eigenvalue weighted by Crippen LogP contribution is 2.38. The van der Waals surface area contributed by atoms with Crippen molar-refractivity contribution in [2.45, 2.75) is 32.7 Å². The molecule has 2 unspecified atom stereocenters. The van der Waals surface area contributed by atoms with Gasteiger partial charge >= 0.3 is 0 Å². The minimum Gasteiger partial charge on any atom is -0.328 e. The van der Waals surface area contributed by atoms with Gasteiger partial charge in [0.25, 0.3) is 0 Å². The molecule has 6 heteroatoms. The van der Waals surface area contributed by atoms with Gasteiger partial charge in [-0.25, -0.2) is 4.68 Å². The fourth-order valence-corrected chi connectivity index (χ4v) is 3.73. The fraction of sp³-hybridized carbons (Fsp3) is 0.261. The van der Waals surface area contributed by atoms with Crippen LogP contribution in [0.15, 0.2) is 67.1 Å². The van der Waals surface area contributed by atoms with Crippen molar-refractivity contribution in [3.8, 4) is 0 Å². The molecule has 0 saturated heterocycles. The van der Waals surface area contributed by atoms with Crippen molar-refractivity contribution in [2.24, 2.45) is 5.92 Å². The van der Waals surface area contributed by atoms with Crippen molar-refractivity contribution in [3.63, 3.8) is 0 Å². The van der Waals surface area contributed by atoms with Crippen molar-refractivity contribution in [1.82, 2.24) is 14.8 Å². The van der Waals surface area contributed by atoms with Crippen molar-refractivity contribution >= 4 is 17.5 Å². The molecule has 1 aromatic heterocycles. The maximum atomic E-state index is 13.3. The van der Waals surface area contributed by atoms with Crippen LogP contribution in [-0.2, 0) is 4.79 Å². The number of para-hydroxylation sites is 1. The molecule has 0 radical (unpaired) electrons. The summed E-state index contributed by atoms with van der Waals surface area (Å²) in [5.74, 6) is 0.367. The van der Waals surface area contributed by atoms with Crippen LogP contribution >= 0.6 is 0 Å². The number of anilines is 2. The van der Waals surface area contributed by atoms with Gasteiger partial charge in [0.2, 0.25) is 11.9 Å². The Balaban J connectivity index is 1.73. The lowest BCUT2D eigenvalue weighted by atomic mass is 9.87. The van der Waals surface area contributed by atoms with Gasteiger partial charge in [0.05, 0.1) is 6.04 Å². The monoisotopic (exact) mass is 387 g/mol. The average molecular weight is 387 g/mol. The zero-order valence-corrected chi connectivity index (χ0v) is 16.9. The van der Waals surface area contributed by atoms with Gasteiger partial charge in [-0.2, -0.15) is 10.1 Å². The number of aryl methyl sites for hydroxylation is 1. The van der Waals surface area contributed by atoms with E-state index in [1.165, 1.54) is 11.9 Å². The van der Waals surface area contributed by atoms with Crippen LogP contribution in [-0.4, -0.2) is 20.7 Å². The molecule has 148 valence electrons. The molecule has 1 amide bonds. The minimum atomic E-state index is -0.534. The first-order valence-electron chi connectivity index (χ1n) is 9.77. The van der Waals surface area contributed by atoms with Crippen molar-refractivity contribution in [3.05, 3.63) is 83.8 Å². The van der Waals surface area contributed by atoms with Crippen LogP contribution in [0.1, 0.15) is 42.5 Å². The Morgan fingerprint density at radius 3 is 2.59 bits per heavy atom. The lowest BCUT2D eigenvalue weighted by Gasteiger charge is -2.34. The Morgan fingerprint density at radius 1 is 1.17 bits per heavy atom. The van der Waals surface area contributed by atoms with Crippen molar-refractivity contribution in [1.29, 1.82) is 0 Å². The standard InChI is InChI=1S/C23H25N5O/c1-14(2)17-9-11-18(12-10-17)21-20(16(4)26-23-24-13-25-28(21)23)22(29)27-19-8-6-5-7-15(19)3/h5-14,20-21H,4H2,1-3H3,(H,27,29)(H,24,25,26). The molecule has 2 atom stereocenters. The smallest absolute Gasteiger partial charge is 0.235 e. The summed E-state index contributed by atoms with van der Waals surface area (Å²) in [6.45, 7) is 10.4. The van der Waals surface area contributed by atoms with Gasteiger partial charge in [0.1, 0.15) is 12.2 Å². The number of carbonyl (C=O) groups is 1. The molecule has 6 nitrogen and oxygen atoms in total. The quantitative estimate of drug-likeness (QED) is 0.692. The summed E-state index contributed by atoms with van der Waals surface area (Å²) in [5, 5.41) is 10.6. The SMILES string of the molecule is C=C1Nc2ncnn2C(c2ccc(C(C)C)cc2)C1C(=O)Nc1ccccc1C. The van der Waals surface area contributed by atoms with E-state index in [0.717, 1.165) is 16.8 Å². The molecule has 2 aromatic carbocycles. The second-order valence-electron chi connectivity index (χ2n) is 7.73. The van der Waals surface area contributed by atoms with E-state index in [1.54, 1.807) is 4.68 Å². The van der Waals surface area contributed by atoms with Gasteiger partial charge in [-0.1, -0.05) is 62.9 Å². The first-order chi connectivity index (χ1) is 14.0. The summed E-state index contributed by atoms with van der Waals surface area (Å²) in [5.41, 5.74) is 4.66. The number of rotatable bonds is 4. The maximum Gasteiger partial charge on any atom is 0.235 e. The third-order valence-electron chi connectivity index (χ3n) is 5.43. The highest BCUT2D eigenvalue weighted by atomic mass is 16.2. The summed E-state index contributed by atoms with van der Waals surface area (Å²) < 4.78 is 1.77. The number of aromatic nitrogens is 3. The molecule has 1 aliphatic heterocycles. The second kappa shape index (κ2) is 7.54. The predicted molar refractivity (Wildman–Crippen MR) is 115 cm³/mol. The van der Waals surface area contributed by atoms with E-state index < -0.39 is 5.92 Å². The van der Waals surface area contributed by atoms with E-state index in [0.29, 0.717) is 17.6 Å². The summed E-state index contributed by atoms with van der Waals surface area (Å²) in [6.07, 6.45) is 1.49. The number of hydrogen-bond donors (Lipinski definition) is 2. The Kier molecular flexibility index (Phi) is 4.92. The van der Waals surface area contributed by atoms with E-state index in [2.05, 4.69) is 65.4 Å². The van der Waals surface area contributed by atoms with Crippen LogP contribution in [0.25, 0.3) is 0 Å². The lowest BCUT2D eigenvalue weighted by molar-refractivity contribution is -0.119. The molecule has 4 rings (SSSR count). The van der Waals surface area contributed by atoms with Gasteiger partial charge in [0.15, 0.2) is 0 Å². The van der Waals surface area contributed by atoms with E-state index in [9.17, 15) is 4.79 Å². The minimum absolute atomic E-state index is 0.129. The number of hydrogen-bond acceptors (Lipinski definition) is 4. The molecular weight excluding hydrogens is 362 g/mol. The van der Waals surface area contributed by atoms with Crippen LogP contribution in [0, 0.1) is 12.8 Å². The van der Waals surface area contributed by atoms with E-state index in [4.69, 9.17) is 0 Å². The molecule has 0 spiro atoms. The highest BCUT2D eigenvalue weighted by Gasteiger charge is 2.39. The third-order valence-corrected chi connectivity index (χ3v) is 5.43. The summed E-state index contributed by atoms with van der Waals surface area (Å²) in [6, 6.07) is 15.8. The molecule has 3 aromatic rings. The van der Waals surface area contributed by atoms with Crippen molar-refractivity contribution < 1.29 is 4.79 Å². The van der Waals surface area contributed by atoms with Gasteiger partial charge in [-0.05, 0) is 35.6 Å². The second-order valence-corrected chi connectivity index (χ2v) is 7.73. The number of carbonyl (C=O) groups excluding carboxylic acids is 1. The van der Waals surface area contributed by atoms with E-state index in [-0.39, 0.29) is 11.9 Å². The topological polar surface area (TPSA) is 71.8 Å². The van der Waals surface area contributed by atoms with Gasteiger partial charge in [0, 0.05) is 11.4 Å². The van der Waals surface area contributed by atoms with E-state index >= 15 is 0 Å². The van der Waals surface area contributed by atoms with Crippen LogP contribution in [0.2, 0.25) is 0 Å². The molecule has 0 fully saturated rings. The molecule has 29 heavy (non-hydrogen) atoms. The largest absolute Gasteiger partial charge is 0.328 e. The zero-order chi connectivity index (χ0) is 20.5. The number of fused-ring (bicyclic) bond motifs is 1. The fourth-order valence-electron chi connectivity index (χ4n) is 3.73. The average Bonchev–Trinajstić information content (AvgIpc) is 3.16. The third kappa shape index (κ3) is 3.53. The maximum absolute atomic E-state index is 13.3. The van der Waals surface area contributed by atoms with Gasteiger partial charge in [-0.3, -0.25) is 4.79 Å². The Bertz CT molecular complexity index is 1050. The van der Waals surface area contributed by atoms with Gasteiger partial charge < -0.3 is 10.6 Å². The molecule has 1 aliphatic rings. The lowest BCUT2D eigenvalue weighted by Crippen LogP contribution is -2.39. The summed E-state index contributed by atoms with van der Waals surface area (Å²) in [7, 11) is 0.